The van der Waals surface area contributed by atoms with Crippen LogP contribution in [0.3, 0.4) is 0 Å². The Morgan fingerprint density at radius 2 is 1.95 bits per heavy atom. The van der Waals surface area contributed by atoms with Gasteiger partial charge in [0.05, 0.1) is 0 Å². The van der Waals surface area contributed by atoms with Crippen molar-refractivity contribution in [2.24, 2.45) is 17.7 Å². The van der Waals surface area contributed by atoms with Crippen LogP contribution in [-0.4, -0.2) is 16.5 Å². The number of nitrogens with zero attached hydrogens (tertiary/aromatic N) is 2. The molecule has 0 aromatic carbocycles. The average Bonchev–Trinajstić information content (AvgIpc) is 2.83. The lowest BCUT2D eigenvalue weighted by Crippen LogP contribution is -2.18. The van der Waals surface area contributed by atoms with Crippen LogP contribution in [0.1, 0.15) is 57.3 Å². The van der Waals surface area contributed by atoms with E-state index in [1.165, 1.54) is 19.3 Å². The molecule has 2 unspecified atom stereocenters. The third-order valence-electron chi connectivity index (χ3n) is 4.18. The van der Waals surface area contributed by atoms with Gasteiger partial charge in [-0.3, -0.25) is 0 Å². The molecule has 4 N–H and O–H groups in total. The highest BCUT2D eigenvalue weighted by Gasteiger charge is 2.21. The van der Waals surface area contributed by atoms with E-state index in [9.17, 15) is 0 Å². The van der Waals surface area contributed by atoms with E-state index in [0.717, 1.165) is 35.6 Å². The van der Waals surface area contributed by atoms with Gasteiger partial charge in [0, 0.05) is 18.0 Å². The molecule has 1 fully saturated rings. The quantitative estimate of drug-likeness (QED) is 0.569. The Labute approximate surface area is 121 Å². The number of hydrogen-bond donors (Lipinski definition) is 3. The van der Waals surface area contributed by atoms with Gasteiger partial charge in [0.25, 0.3) is 0 Å². The lowest BCUT2D eigenvalue weighted by Gasteiger charge is -2.17. The predicted octanol–water partition coefficient (Wildman–Crippen LogP) is 3.04. The minimum absolute atomic E-state index is 0.287. The number of nitrogens with two attached hydrogens (primary N) is 1. The zero-order valence-electron chi connectivity index (χ0n) is 13.0. The van der Waals surface area contributed by atoms with Gasteiger partial charge < -0.3 is 10.7 Å². The summed E-state index contributed by atoms with van der Waals surface area (Å²) in [6.07, 6.45) is 3.98. The van der Waals surface area contributed by atoms with E-state index in [1.54, 1.807) is 0 Å². The summed E-state index contributed by atoms with van der Waals surface area (Å²) in [6.45, 7) is 9.51. The van der Waals surface area contributed by atoms with Crippen LogP contribution in [0.2, 0.25) is 0 Å². The molecule has 1 aliphatic carbocycles. The summed E-state index contributed by atoms with van der Waals surface area (Å²) in [4.78, 5) is 9.10. The molecule has 1 heterocycles. The fourth-order valence-electron chi connectivity index (χ4n) is 2.86. The van der Waals surface area contributed by atoms with E-state index in [-0.39, 0.29) is 5.92 Å². The van der Waals surface area contributed by atoms with Gasteiger partial charge in [0.15, 0.2) is 0 Å². The summed E-state index contributed by atoms with van der Waals surface area (Å²) < 4.78 is 0. The smallest absolute Gasteiger partial charge is 0.148 e. The van der Waals surface area contributed by atoms with E-state index in [4.69, 9.17) is 5.84 Å². The third kappa shape index (κ3) is 3.39. The monoisotopic (exact) mass is 277 g/mol. The van der Waals surface area contributed by atoms with Crippen molar-refractivity contribution >= 4 is 11.6 Å². The number of anilines is 2. The molecule has 5 heteroatoms. The van der Waals surface area contributed by atoms with Crippen LogP contribution in [0.15, 0.2) is 0 Å². The zero-order valence-corrected chi connectivity index (χ0v) is 13.0. The first-order valence-corrected chi connectivity index (χ1v) is 7.60. The highest BCUT2D eigenvalue weighted by Crippen LogP contribution is 2.31. The SMILES string of the molecule is Cc1c(NN)nc(C(C)C)nc1NCC1CCC(C)C1. The lowest BCUT2D eigenvalue weighted by atomic mass is 10.1. The average molecular weight is 277 g/mol. The van der Waals surface area contributed by atoms with E-state index in [0.29, 0.717) is 5.82 Å². The maximum atomic E-state index is 5.56. The van der Waals surface area contributed by atoms with Crippen LogP contribution < -0.4 is 16.6 Å². The Hall–Kier alpha value is -1.36. The van der Waals surface area contributed by atoms with Crippen molar-refractivity contribution in [3.05, 3.63) is 11.4 Å². The standard InChI is InChI=1S/C15H27N5/c1-9(2)13-18-14(11(4)15(19-13)20-16)17-8-12-6-5-10(3)7-12/h9-10,12H,5-8,16H2,1-4H3,(H2,17,18,19,20). The van der Waals surface area contributed by atoms with Crippen molar-refractivity contribution in [3.63, 3.8) is 0 Å². The Morgan fingerprint density at radius 3 is 2.50 bits per heavy atom. The molecule has 1 aliphatic rings. The number of nitrogens with one attached hydrogen (secondary N) is 2. The van der Waals surface area contributed by atoms with E-state index < -0.39 is 0 Å². The Morgan fingerprint density at radius 1 is 1.25 bits per heavy atom. The molecular weight excluding hydrogens is 250 g/mol. The summed E-state index contributed by atoms with van der Waals surface area (Å²) in [5.41, 5.74) is 3.66. The molecule has 1 aromatic heterocycles. The first kappa shape index (κ1) is 15.0. The van der Waals surface area contributed by atoms with Crippen molar-refractivity contribution in [3.8, 4) is 0 Å². The molecule has 0 spiro atoms. The molecule has 0 bridgehead atoms. The molecule has 5 nitrogen and oxygen atoms in total. The highest BCUT2D eigenvalue weighted by atomic mass is 15.3. The van der Waals surface area contributed by atoms with Crippen molar-refractivity contribution in [1.82, 2.24) is 9.97 Å². The summed E-state index contributed by atoms with van der Waals surface area (Å²) in [6, 6.07) is 0. The molecule has 0 aliphatic heterocycles. The van der Waals surface area contributed by atoms with Crippen LogP contribution in [0.5, 0.6) is 0 Å². The number of aromatic nitrogens is 2. The van der Waals surface area contributed by atoms with Gasteiger partial charge in [-0.15, -0.1) is 0 Å². The molecule has 20 heavy (non-hydrogen) atoms. The first-order valence-electron chi connectivity index (χ1n) is 7.60. The highest BCUT2D eigenvalue weighted by molar-refractivity contribution is 5.56. The lowest BCUT2D eigenvalue weighted by molar-refractivity contribution is 0.536. The second-order valence-corrected chi connectivity index (χ2v) is 6.37. The maximum Gasteiger partial charge on any atom is 0.148 e. The fraction of sp³-hybridized carbons (Fsp3) is 0.733. The Balaban J connectivity index is 2.11. The van der Waals surface area contributed by atoms with Gasteiger partial charge >= 0.3 is 0 Å². The van der Waals surface area contributed by atoms with Gasteiger partial charge in [-0.25, -0.2) is 15.8 Å². The van der Waals surface area contributed by atoms with Crippen molar-refractivity contribution < 1.29 is 0 Å². The second-order valence-electron chi connectivity index (χ2n) is 6.37. The molecule has 2 rings (SSSR count). The Bertz CT molecular complexity index is 458. The van der Waals surface area contributed by atoms with Crippen LogP contribution in [0.25, 0.3) is 0 Å². The van der Waals surface area contributed by atoms with Crippen molar-refractivity contribution in [1.29, 1.82) is 0 Å². The Kier molecular flexibility index (Phi) is 4.81. The molecule has 2 atom stereocenters. The van der Waals surface area contributed by atoms with Gasteiger partial charge in [0.2, 0.25) is 0 Å². The topological polar surface area (TPSA) is 75.9 Å². The molecule has 0 saturated heterocycles. The number of nitrogen functional groups attached to an aromatic ring is 1. The summed E-state index contributed by atoms with van der Waals surface area (Å²) >= 11 is 0. The van der Waals surface area contributed by atoms with Gasteiger partial charge in [-0.2, -0.15) is 0 Å². The van der Waals surface area contributed by atoms with Crippen LogP contribution >= 0.6 is 0 Å². The third-order valence-corrected chi connectivity index (χ3v) is 4.18. The molecule has 0 amide bonds. The summed E-state index contributed by atoms with van der Waals surface area (Å²) in [5.74, 6) is 9.92. The first-order chi connectivity index (χ1) is 9.51. The van der Waals surface area contributed by atoms with Crippen molar-refractivity contribution in [2.75, 3.05) is 17.3 Å². The second kappa shape index (κ2) is 6.39. The summed E-state index contributed by atoms with van der Waals surface area (Å²) in [7, 11) is 0. The van der Waals surface area contributed by atoms with E-state index in [2.05, 4.69) is 41.5 Å². The van der Waals surface area contributed by atoms with Crippen molar-refractivity contribution in [2.45, 2.75) is 52.9 Å². The zero-order chi connectivity index (χ0) is 14.7. The van der Waals surface area contributed by atoms with Crippen LogP contribution in [-0.2, 0) is 0 Å². The van der Waals surface area contributed by atoms with Gasteiger partial charge in [-0.1, -0.05) is 27.2 Å². The maximum absolute atomic E-state index is 5.56. The molecule has 1 aromatic rings. The normalized spacial score (nSPS) is 22.3. The molecule has 112 valence electrons. The van der Waals surface area contributed by atoms with Crippen LogP contribution in [0, 0.1) is 18.8 Å². The number of rotatable bonds is 5. The minimum Gasteiger partial charge on any atom is -0.369 e. The van der Waals surface area contributed by atoms with Gasteiger partial charge in [0.1, 0.15) is 17.5 Å². The minimum atomic E-state index is 0.287. The molecular formula is C15H27N5. The largest absolute Gasteiger partial charge is 0.369 e. The molecule has 1 saturated carbocycles. The predicted molar refractivity (Wildman–Crippen MR) is 83.7 cm³/mol. The number of hydrazine groups is 1. The van der Waals surface area contributed by atoms with E-state index in [1.807, 2.05) is 6.92 Å². The fourth-order valence-corrected chi connectivity index (χ4v) is 2.86. The molecule has 0 radical (unpaired) electrons. The summed E-state index contributed by atoms with van der Waals surface area (Å²) in [5, 5.41) is 3.50. The van der Waals surface area contributed by atoms with Gasteiger partial charge in [-0.05, 0) is 31.6 Å². The van der Waals surface area contributed by atoms with Crippen LogP contribution in [0.4, 0.5) is 11.6 Å². The number of hydrogen-bond acceptors (Lipinski definition) is 5. The van der Waals surface area contributed by atoms with E-state index >= 15 is 0 Å².